The third-order valence-electron chi connectivity index (χ3n) is 3.36. The highest BCUT2D eigenvalue weighted by Gasteiger charge is 2.13. The number of carbonyl (C=O) groups excluding carboxylic acids is 1. The highest BCUT2D eigenvalue weighted by atomic mass is 16.2. The van der Waals surface area contributed by atoms with E-state index in [1.165, 1.54) is 5.56 Å². The first-order chi connectivity index (χ1) is 9.63. The third kappa shape index (κ3) is 6.68. The van der Waals surface area contributed by atoms with Crippen LogP contribution in [0.15, 0.2) is 30.3 Å². The highest BCUT2D eigenvalue weighted by Crippen LogP contribution is 2.07. The Morgan fingerprint density at radius 2 is 1.95 bits per heavy atom. The van der Waals surface area contributed by atoms with Gasteiger partial charge in [0.25, 0.3) is 0 Å². The van der Waals surface area contributed by atoms with E-state index < -0.39 is 6.04 Å². The van der Waals surface area contributed by atoms with Gasteiger partial charge in [0.05, 0.1) is 6.04 Å². The van der Waals surface area contributed by atoms with Crippen molar-refractivity contribution in [3.8, 4) is 0 Å². The van der Waals surface area contributed by atoms with Gasteiger partial charge in [0.15, 0.2) is 0 Å². The number of carbonyl (C=O) groups is 1. The molecule has 20 heavy (non-hydrogen) atoms. The molecule has 4 nitrogen and oxygen atoms in total. The summed E-state index contributed by atoms with van der Waals surface area (Å²) in [6.07, 6.45) is 3.50. The average Bonchev–Trinajstić information content (AvgIpc) is 2.46. The van der Waals surface area contributed by atoms with Gasteiger partial charge in [-0.15, -0.1) is 0 Å². The Kier molecular flexibility index (Phi) is 7.92. The molecule has 112 valence electrons. The molecule has 0 fully saturated rings. The monoisotopic (exact) mass is 277 g/mol. The average molecular weight is 277 g/mol. The summed E-state index contributed by atoms with van der Waals surface area (Å²) in [6.45, 7) is 3.45. The van der Waals surface area contributed by atoms with Crippen molar-refractivity contribution < 1.29 is 4.79 Å². The van der Waals surface area contributed by atoms with E-state index in [-0.39, 0.29) is 5.91 Å². The van der Waals surface area contributed by atoms with Crippen LogP contribution in [0, 0.1) is 5.92 Å². The second kappa shape index (κ2) is 9.50. The Labute approximate surface area is 121 Å². The predicted octanol–water partition coefficient (Wildman–Crippen LogP) is 1.44. The predicted molar refractivity (Wildman–Crippen MR) is 83.2 cm³/mol. The molecule has 1 amide bonds. The summed E-state index contributed by atoms with van der Waals surface area (Å²) in [6, 6.07) is 9.89. The minimum absolute atomic E-state index is 0.0538. The van der Waals surface area contributed by atoms with Crippen LogP contribution in [0.2, 0.25) is 0 Å². The van der Waals surface area contributed by atoms with Gasteiger partial charge in [0.2, 0.25) is 5.91 Å². The van der Waals surface area contributed by atoms with E-state index in [1.807, 2.05) is 18.2 Å². The Bertz CT molecular complexity index is 381. The molecule has 5 N–H and O–H groups in total. The van der Waals surface area contributed by atoms with Crippen molar-refractivity contribution in [1.82, 2.24) is 5.32 Å². The molecule has 0 spiro atoms. The van der Waals surface area contributed by atoms with Gasteiger partial charge < -0.3 is 16.8 Å². The molecular weight excluding hydrogens is 250 g/mol. The molecule has 0 aliphatic heterocycles. The Morgan fingerprint density at radius 3 is 2.60 bits per heavy atom. The summed E-state index contributed by atoms with van der Waals surface area (Å²) in [5.41, 5.74) is 12.6. The Morgan fingerprint density at radius 1 is 1.25 bits per heavy atom. The Balaban J connectivity index is 2.22. The lowest BCUT2D eigenvalue weighted by Gasteiger charge is -2.16. The maximum Gasteiger partial charge on any atom is 0.236 e. The molecule has 0 radical (unpaired) electrons. The SMILES string of the molecule is CC(CNC(=O)C(N)CCCCN)Cc1ccccc1. The van der Waals surface area contributed by atoms with Crippen LogP contribution in [-0.4, -0.2) is 25.0 Å². The van der Waals surface area contributed by atoms with Crippen LogP contribution in [0.5, 0.6) is 0 Å². The minimum Gasteiger partial charge on any atom is -0.354 e. The molecule has 0 aromatic heterocycles. The van der Waals surface area contributed by atoms with Crippen LogP contribution in [-0.2, 0) is 11.2 Å². The second-order valence-corrected chi connectivity index (χ2v) is 5.43. The molecule has 4 heteroatoms. The number of nitrogens with one attached hydrogen (secondary N) is 1. The number of amides is 1. The molecule has 0 aliphatic carbocycles. The third-order valence-corrected chi connectivity index (χ3v) is 3.36. The molecule has 2 unspecified atom stereocenters. The molecule has 0 aliphatic rings. The van der Waals surface area contributed by atoms with Crippen molar-refractivity contribution in [2.45, 2.75) is 38.6 Å². The van der Waals surface area contributed by atoms with Gasteiger partial charge in [0.1, 0.15) is 0 Å². The topological polar surface area (TPSA) is 81.1 Å². The summed E-state index contributed by atoms with van der Waals surface area (Å²) in [5, 5.41) is 2.93. The lowest BCUT2D eigenvalue weighted by molar-refractivity contribution is -0.122. The molecule has 1 rings (SSSR count). The van der Waals surface area contributed by atoms with Crippen LogP contribution < -0.4 is 16.8 Å². The summed E-state index contributed by atoms with van der Waals surface area (Å²) in [7, 11) is 0. The number of unbranched alkanes of at least 4 members (excludes halogenated alkanes) is 1. The molecule has 1 aromatic carbocycles. The zero-order valence-electron chi connectivity index (χ0n) is 12.3. The van der Waals surface area contributed by atoms with E-state index >= 15 is 0 Å². The van der Waals surface area contributed by atoms with Crippen LogP contribution in [0.25, 0.3) is 0 Å². The summed E-state index contributed by atoms with van der Waals surface area (Å²) < 4.78 is 0. The fraction of sp³-hybridized carbons (Fsp3) is 0.562. The first kappa shape index (κ1) is 16.7. The Hall–Kier alpha value is -1.39. The van der Waals surface area contributed by atoms with E-state index in [9.17, 15) is 4.79 Å². The van der Waals surface area contributed by atoms with Gasteiger partial charge >= 0.3 is 0 Å². The van der Waals surface area contributed by atoms with Gasteiger partial charge in [-0.05, 0) is 37.3 Å². The minimum atomic E-state index is -0.412. The lowest BCUT2D eigenvalue weighted by Crippen LogP contribution is -2.42. The molecule has 1 aromatic rings. The van der Waals surface area contributed by atoms with Crippen molar-refractivity contribution >= 4 is 5.91 Å². The highest BCUT2D eigenvalue weighted by molar-refractivity contribution is 5.81. The van der Waals surface area contributed by atoms with Crippen molar-refractivity contribution in [1.29, 1.82) is 0 Å². The summed E-state index contributed by atoms with van der Waals surface area (Å²) in [5.74, 6) is 0.347. The van der Waals surface area contributed by atoms with Gasteiger partial charge in [-0.25, -0.2) is 0 Å². The molecule has 0 saturated carbocycles. The quantitative estimate of drug-likeness (QED) is 0.597. The van der Waals surface area contributed by atoms with Crippen molar-refractivity contribution in [2.75, 3.05) is 13.1 Å². The van der Waals surface area contributed by atoms with Gasteiger partial charge in [-0.2, -0.15) is 0 Å². The van der Waals surface area contributed by atoms with Crippen molar-refractivity contribution in [3.05, 3.63) is 35.9 Å². The van der Waals surface area contributed by atoms with Gasteiger partial charge in [0, 0.05) is 6.54 Å². The zero-order valence-corrected chi connectivity index (χ0v) is 12.3. The van der Waals surface area contributed by atoms with Crippen LogP contribution >= 0.6 is 0 Å². The van der Waals surface area contributed by atoms with Crippen LogP contribution in [0.3, 0.4) is 0 Å². The molecule has 0 heterocycles. The maximum absolute atomic E-state index is 11.8. The van der Waals surface area contributed by atoms with E-state index in [0.29, 0.717) is 25.4 Å². The number of hydrogen-bond donors (Lipinski definition) is 3. The fourth-order valence-corrected chi connectivity index (χ4v) is 2.13. The van der Waals surface area contributed by atoms with Gasteiger partial charge in [-0.1, -0.05) is 43.7 Å². The molecule has 0 saturated heterocycles. The lowest BCUT2D eigenvalue weighted by atomic mass is 10.0. The standard InChI is InChI=1S/C16H27N3O/c1-13(11-14-7-3-2-4-8-14)12-19-16(20)15(18)9-5-6-10-17/h2-4,7-8,13,15H,5-6,9-12,17-18H2,1H3,(H,19,20). The van der Waals surface area contributed by atoms with Crippen LogP contribution in [0.1, 0.15) is 31.7 Å². The fourth-order valence-electron chi connectivity index (χ4n) is 2.13. The van der Waals surface area contributed by atoms with E-state index in [0.717, 1.165) is 19.3 Å². The number of nitrogens with two attached hydrogens (primary N) is 2. The number of rotatable bonds is 9. The zero-order chi connectivity index (χ0) is 14.8. The van der Waals surface area contributed by atoms with E-state index in [4.69, 9.17) is 11.5 Å². The number of benzene rings is 1. The molecular formula is C16H27N3O. The first-order valence-corrected chi connectivity index (χ1v) is 7.40. The molecule has 2 atom stereocenters. The summed E-state index contributed by atoms with van der Waals surface area (Å²) >= 11 is 0. The first-order valence-electron chi connectivity index (χ1n) is 7.40. The normalized spacial score (nSPS) is 13.8. The number of hydrogen-bond acceptors (Lipinski definition) is 3. The largest absolute Gasteiger partial charge is 0.354 e. The van der Waals surface area contributed by atoms with E-state index in [2.05, 4.69) is 24.4 Å². The van der Waals surface area contributed by atoms with Gasteiger partial charge in [-0.3, -0.25) is 4.79 Å². The summed E-state index contributed by atoms with van der Waals surface area (Å²) in [4.78, 5) is 11.8. The van der Waals surface area contributed by atoms with Crippen LogP contribution in [0.4, 0.5) is 0 Å². The van der Waals surface area contributed by atoms with E-state index in [1.54, 1.807) is 0 Å². The van der Waals surface area contributed by atoms with Crippen molar-refractivity contribution in [3.63, 3.8) is 0 Å². The smallest absolute Gasteiger partial charge is 0.236 e. The second-order valence-electron chi connectivity index (χ2n) is 5.43. The van der Waals surface area contributed by atoms with Crippen molar-refractivity contribution in [2.24, 2.45) is 17.4 Å². The maximum atomic E-state index is 11.8. The molecule has 0 bridgehead atoms.